The molecular weight excluding hydrogens is 161 g/mol. The van der Waals surface area contributed by atoms with E-state index in [0.717, 1.165) is 6.54 Å². The van der Waals surface area contributed by atoms with Crippen LogP contribution in [0.2, 0.25) is 0 Å². The van der Waals surface area contributed by atoms with E-state index in [9.17, 15) is 4.39 Å². The second-order valence-electron chi connectivity index (χ2n) is 2.46. The molecule has 0 atom stereocenters. The summed E-state index contributed by atoms with van der Waals surface area (Å²) in [5.74, 6) is -0.307. The summed E-state index contributed by atoms with van der Waals surface area (Å²) in [7, 11) is 3.60. The molecule has 5 nitrogen and oxygen atoms in total. The molecule has 0 unspecified atom stereocenters. The summed E-state index contributed by atoms with van der Waals surface area (Å²) in [6.45, 7) is 1.47. The van der Waals surface area contributed by atoms with Crippen LogP contribution in [0, 0.1) is 5.95 Å². The predicted molar refractivity (Wildman–Crippen MR) is 43.5 cm³/mol. The fourth-order valence-electron chi connectivity index (χ4n) is 0.841. The predicted octanol–water partition coefficient (Wildman–Crippen LogP) is -0.401. The number of halogens is 1. The third kappa shape index (κ3) is 1.91. The maximum Gasteiger partial charge on any atom is 0.276 e. The molecule has 6 heteroatoms. The second kappa shape index (κ2) is 4.01. The average Bonchev–Trinajstić information content (AvgIpc) is 2.47. The fourth-order valence-corrected chi connectivity index (χ4v) is 0.841. The summed E-state index contributed by atoms with van der Waals surface area (Å²) in [6, 6.07) is 0. The Labute approximate surface area is 70.0 Å². The molecule has 1 aromatic heterocycles. The lowest BCUT2D eigenvalue weighted by Gasteiger charge is -2.14. The van der Waals surface area contributed by atoms with E-state index < -0.39 is 5.95 Å². The number of anilines is 1. The minimum absolute atomic E-state index is 0.255. The highest BCUT2D eigenvalue weighted by molar-refractivity contribution is 5.34. The number of rotatable bonds is 4. The lowest BCUT2D eigenvalue weighted by molar-refractivity contribution is 0.575. The Hall–Kier alpha value is -1.17. The number of nitrogens with one attached hydrogen (secondary N) is 2. The lowest BCUT2D eigenvalue weighted by atomic mass is 10.5. The fraction of sp³-hybridized carbons (Fsp3) is 0.667. The van der Waals surface area contributed by atoms with Crippen molar-refractivity contribution in [3.8, 4) is 0 Å². The molecule has 0 fully saturated rings. The van der Waals surface area contributed by atoms with Crippen molar-refractivity contribution in [1.82, 2.24) is 20.7 Å². The number of aromatic amines is 1. The maximum atomic E-state index is 12.8. The van der Waals surface area contributed by atoms with E-state index in [-0.39, 0.29) is 5.82 Å². The van der Waals surface area contributed by atoms with Gasteiger partial charge >= 0.3 is 0 Å². The van der Waals surface area contributed by atoms with Gasteiger partial charge in [0.15, 0.2) is 0 Å². The molecule has 0 saturated carbocycles. The molecule has 0 spiro atoms. The van der Waals surface area contributed by atoms with Gasteiger partial charge in [0.2, 0.25) is 5.82 Å². The van der Waals surface area contributed by atoms with Crippen LogP contribution in [0.25, 0.3) is 0 Å². The van der Waals surface area contributed by atoms with Gasteiger partial charge in [0.25, 0.3) is 5.95 Å². The van der Waals surface area contributed by atoms with E-state index in [1.165, 1.54) is 0 Å². The molecule has 0 saturated heterocycles. The Morgan fingerprint density at radius 3 is 2.83 bits per heavy atom. The quantitative estimate of drug-likeness (QED) is 0.650. The highest BCUT2D eigenvalue weighted by Gasteiger charge is 2.10. The maximum absolute atomic E-state index is 12.8. The minimum atomic E-state index is -0.561. The van der Waals surface area contributed by atoms with Gasteiger partial charge in [-0.15, -0.1) is 10.2 Å². The van der Waals surface area contributed by atoms with Crippen LogP contribution >= 0.6 is 0 Å². The van der Waals surface area contributed by atoms with Crippen LogP contribution < -0.4 is 10.2 Å². The standard InChI is InChI=1S/C6H12FN5/c1-8-3-4-12(2)6-5(7)9-11-10-6/h8H,3-4H2,1-2H3,(H,9,10,11). The van der Waals surface area contributed by atoms with Crippen LogP contribution in [-0.2, 0) is 0 Å². The number of H-pyrrole nitrogens is 1. The van der Waals surface area contributed by atoms with Gasteiger partial charge in [-0.3, -0.25) is 0 Å². The Kier molecular flexibility index (Phi) is 2.98. The van der Waals surface area contributed by atoms with E-state index in [1.54, 1.807) is 11.9 Å². The van der Waals surface area contributed by atoms with Gasteiger partial charge in [0.1, 0.15) is 0 Å². The van der Waals surface area contributed by atoms with Crippen molar-refractivity contribution < 1.29 is 4.39 Å². The van der Waals surface area contributed by atoms with Gasteiger partial charge in [-0.05, 0) is 7.05 Å². The average molecular weight is 173 g/mol. The molecule has 1 aromatic rings. The molecule has 0 aliphatic heterocycles. The van der Waals surface area contributed by atoms with Crippen LogP contribution in [0.3, 0.4) is 0 Å². The molecule has 0 aromatic carbocycles. The van der Waals surface area contributed by atoms with Gasteiger partial charge in [0.05, 0.1) is 0 Å². The monoisotopic (exact) mass is 173 g/mol. The highest BCUT2D eigenvalue weighted by Crippen LogP contribution is 2.08. The lowest BCUT2D eigenvalue weighted by Crippen LogP contribution is -2.27. The van der Waals surface area contributed by atoms with E-state index in [1.807, 2.05) is 7.05 Å². The Morgan fingerprint density at radius 2 is 2.33 bits per heavy atom. The first kappa shape index (κ1) is 8.92. The van der Waals surface area contributed by atoms with Crippen LogP contribution in [0.15, 0.2) is 0 Å². The summed E-state index contributed by atoms with van der Waals surface area (Å²) >= 11 is 0. The number of hydrogen-bond donors (Lipinski definition) is 2. The first-order chi connectivity index (χ1) is 5.75. The van der Waals surface area contributed by atoms with Crippen molar-refractivity contribution >= 4 is 5.82 Å². The van der Waals surface area contributed by atoms with Crippen LogP contribution in [0.5, 0.6) is 0 Å². The highest BCUT2D eigenvalue weighted by atomic mass is 19.1. The van der Waals surface area contributed by atoms with Crippen LogP contribution in [0.1, 0.15) is 0 Å². The molecule has 0 bridgehead atoms. The topological polar surface area (TPSA) is 56.8 Å². The van der Waals surface area contributed by atoms with E-state index in [4.69, 9.17) is 0 Å². The van der Waals surface area contributed by atoms with Crippen molar-refractivity contribution in [2.75, 3.05) is 32.1 Å². The molecule has 2 N–H and O–H groups in total. The SMILES string of the molecule is CNCCN(C)c1n[nH]nc1F. The van der Waals surface area contributed by atoms with Crippen molar-refractivity contribution in [3.05, 3.63) is 5.95 Å². The molecule has 0 aliphatic carbocycles. The van der Waals surface area contributed by atoms with Gasteiger partial charge in [-0.25, -0.2) is 0 Å². The molecular formula is C6H12FN5. The molecule has 0 amide bonds. The molecule has 0 radical (unpaired) electrons. The van der Waals surface area contributed by atoms with Gasteiger partial charge < -0.3 is 10.2 Å². The first-order valence-electron chi connectivity index (χ1n) is 3.67. The summed E-state index contributed by atoms with van der Waals surface area (Å²) < 4.78 is 12.8. The largest absolute Gasteiger partial charge is 0.353 e. The molecule has 1 heterocycles. The third-order valence-corrected chi connectivity index (χ3v) is 1.55. The van der Waals surface area contributed by atoms with Gasteiger partial charge in [-0.1, -0.05) is 0 Å². The first-order valence-corrected chi connectivity index (χ1v) is 3.67. The molecule has 12 heavy (non-hydrogen) atoms. The Bertz CT molecular complexity index is 236. The summed E-state index contributed by atoms with van der Waals surface area (Å²) in [4.78, 5) is 1.69. The second-order valence-corrected chi connectivity index (χ2v) is 2.46. The van der Waals surface area contributed by atoms with Gasteiger partial charge in [-0.2, -0.15) is 9.60 Å². The van der Waals surface area contributed by atoms with Crippen molar-refractivity contribution in [1.29, 1.82) is 0 Å². The summed E-state index contributed by atoms with van der Waals surface area (Å²) in [5.41, 5.74) is 0. The third-order valence-electron chi connectivity index (χ3n) is 1.55. The van der Waals surface area contributed by atoms with Crippen molar-refractivity contribution in [2.45, 2.75) is 0 Å². The summed E-state index contributed by atoms with van der Waals surface area (Å²) in [6.07, 6.45) is 0. The summed E-state index contributed by atoms with van der Waals surface area (Å²) in [5, 5.41) is 12.1. The van der Waals surface area contributed by atoms with Crippen molar-refractivity contribution in [2.24, 2.45) is 0 Å². The van der Waals surface area contributed by atoms with E-state index in [2.05, 4.69) is 20.7 Å². The molecule has 1 rings (SSSR count). The van der Waals surface area contributed by atoms with Crippen LogP contribution in [-0.4, -0.2) is 42.6 Å². The normalized spacial score (nSPS) is 10.2. The van der Waals surface area contributed by atoms with Gasteiger partial charge in [0, 0.05) is 20.1 Å². The smallest absolute Gasteiger partial charge is 0.276 e. The molecule has 0 aliphatic rings. The van der Waals surface area contributed by atoms with Crippen LogP contribution in [0.4, 0.5) is 10.2 Å². The Balaban J connectivity index is 2.52. The van der Waals surface area contributed by atoms with E-state index >= 15 is 0 Å². The van der Waals surface area contributed by atoms with E-state index in [0.29, 0.717) is 6.54 Å². The minimum Gasteiger partial charge on any atom is -0.353 e. The number of likely N-dealkylation sites (N-methyl/N-ethyl adjacent to an activating group) is 2. The zero-order valence-electron chi connectivity index (χ0n) is 7.13. The molecule has 68 valence electrons. The van der Waals surface area contributed by atoms with Crippen molar-refractivity contribution in [3.63, 3.8) is 0 Å². The zero-order valence-corrected chi connectivity index (χ0v) is 7.13. The number of hydrogen-bond acceptors (Lipinski definition) is 4. The number of nitrogens with zero attached hydrogens (tertiary/aromatic N) is 3. The Morgan fingerprint density at radius 1 is 1.58 bits per heavy atom. The number of aromatic nitrogens is 3. The zero-order chi connectivity index (χ0) is 8.97.